The molecule has 1 aliphatic heterocycles. The van der Waals surface area contributed by atoms with Gasteiger partial charge in [-0.3, -0.25) is 4.79 Å². The van der Waals surface area contributed by atoms with Crippen molar-refractivity contribution in [3.8, 4) is 0 Å². The van der Waals surface area contributed by atoms with E-state index in [1.165, 1.54) is 5.56 Å². The standard InChI is InChI=1S/C14H18N2O/c1-16(11-6-7-11)14(17)13-12-5-3-2-4-10(12)8-9-15-13/h2-5,11,13,15H,6-9H2,1H3. The number of likely N-dealkylation sites (N-methyl/N-ethyl adjacent to an activating group) is 1. The van der Waals surface area contributed by atoms with Crippen molar-refractivity contribution in [3.63, 3.8) is 0 Å². The summed E-state index contributed by atoms with van der Waals surface area (Å²) in [4.78, 5) is 14.3. The van der Waals surface area contributed by atoms with Crippen molar-refractivity contribution in [1.82, 2.24) is 10.2 Å². The highest BCUT2D eigenvalue weighted by atomic mass is 16.2. The molecule has 2 aliphatic rings. The lowest BCUT2D eigenvalue weighted by molar-refractivity contribution is -0.133. The molecule has 1 aromatic rings. The number of benzene rings is 1. The Balaban J connectivity index is 1.86. The minimum absolute atomic E-state index is 0.134. The Morgan fingerprint density at radius 2 is 2.12 bits per heavy atom. The highest BCUT2D eigenvalue weighted by Gasteiger charge is 2.35. The number of nitrogens with zero attached hydrogens (tertiary/aromatic N) is 1. The van der Waals surface area contributed by atoms with Gasteiger partial charge in [-0.2, -0.15) is 0 Å². The van der Waals surface area contributed by atoms with Crippen molar-refractivity contribution in [2.75, 3.05) is 13.6 Å². The van der Waals surface area contributed by atoms with Gasteiger partial charge in [0.1, 0.15) is 6.04 Å². The van der Waals surface area contributed by atoms with Crippen molar-refractivity contribution >= 4 is 5.91 Å². The number of hydrogen-bond donors (Lipinski definition) is 1. The van der Waals surface area contributed by atoms with Crippen LogP contribution in [0.4, 0.5) is 0 Å². The quantitative estimate of drug-likeness (QED) is 0.835. The van der Waals surface area contributed by atoms with Gasteiger partial charge in [0.15, 0.2) is 0 Å². The van der Waals surface area contributed by atoms with E-state index in [0.717, 1.165) is 31.4 Å². The first-order valence-electron chi connectivity index (χ1n) is 6.35. The van der Waals surface area contributed by atoms with Gasteiger partial charge in [0.25, 0.3) is 0 Å². The predicted octanol–water partition coefficient (Wildman–Crippen LogP) is 1.49. The second-order valence-electron chi connectivity index (χ2n) is 5.02. The van der Waals surface area contributed by atoms with E-state index in [4.69, 9.17) is 0 Å². The maximum atomic E-state index is 12.4. The van der Waals surface area contributed by atoms with Crippen LogP contribution in [-0.2, 0) is 11.2 Å². The van der Waals surface area contributed by atoms with Crippen LogP contribution < -0.4 is 5.32 Å². The minimum atomic E-state index is -0.134. The van der Waals surface area contributed by atoms with Gasteiger partial charge in [-0.15, -0.1) is 0 Å². The molecule has 3 heteroatoms. The van der Waals surface area contributed by atoms with Crippen LogP contribution in [0.1, 0.15) is 30.0 Å². The third-order valence-corrected chi connectivity index (χ3v) is 3.80. The Kier molecular flexibility index (Phi) is 2.63. The average molecular weight is 230 g/mol. The Morgan fingerprint density at radius 3 is 2.88 bits per heavy atom. The normalized spacial score (nSPS) is 23.0. The third-order valence-electron chi connectivity index (χ3n) is 3.80. The van der Waals surface area contributed by atoms with Crippen LogP contribution in [0, 0.1) is 0 Å². The molecule has 17 heavy (non-hydrogen) atoms. The smallest absolute Gasteiger partial charge is 0.244 e. The van der Waals surface area contributed by atoms with Crippen LogP contribution in [0.5, 0.6) is 0 Å². The lowest BCUT2D eigenvalue weighted by Gasteiger charge is -2.29. The number of fused-ring (bicyclic) bond motifs is 1. The molecule has 0 aromatic heterocycles. The lowest BCUT2D eigenvalue weighted by atomic mass is 9.93. The summed E-state index contributed by atoms with van der Waals surface area (Å²) in [6.45, 7) is 0.895. The summed E-state index contributed by atoms with van der Waals surface area (Å²) in [6.07, 6.45) is 3.35. The van der Waals surface area contributed by atoms with Crippen LogP contribution in [0.2, 0.25) is 0 Å². The summed E-state index contributed by atoms with van der Waals surface area (Å²) >= 11 is 0. The van der Waals surface area contributed by atoms with Crippen molar-refractivity contribution in [3.05, 3.63) is 35.4 Å². The van der Waals surface area contributed by atoms with Crippen LogP contribution in [0.25, 0.3) is 0 Å². The third kappa shape index (κ3) is 1.95. The number of hydrogen-bond acceptors (Lipinski definition) is 2. The fourth-order valence-electron chi connectivity index (χ4n) is 2.57. The maximum Gasteiger partial charge on any atom is 0.244 e. The van der Waals surface area contributed by atoms with Crippen LogP contribution >= 0.6 is 0 Å². The van der Waals surface area contributed by atoms with E-state index < -0.39 is 0 Å². The molecular formula is C14H18N2O. The minimum Gasteiger partial charge on any atom is -0.341 e. The molecule has 0 radical (unpaired) electrons. The summed E-state index contributed by atoms with van der Waals surface area (Å²) in [6, 6.07) is 8.63. The molecule has 3 rings (SSSR count). The highest BCUT2D eigenvalue weighted by Crippen LogP contribution is 2.30. The molecule has 0 saturated heterocycles. The fourth-order valence-corrected chi connectivity index (χ4v) is 2.57. The maximum absolute atomic E-state index is 12.4. The molecule has 1 N–H and O–H groups in total. The average Bonchev–Trinajstić information content (AvgIpc) is 3.20. The van der Waals surface area contributed by atoms with Gasteiger partial charge in [-0.1, -0.05) is 24.3 Å². The molecule has 1 saturated carbocycles. The summed E-state index contributed by atoms with van der Waals surface area (Å²) < 4.78 is 0. The summed E-state index contributed by atoms with van der Waals surface area (Å²) in [5.41, 5.74) is 2.48. The van der Waals surface area contributed by atoms with E-state index in [1.54, 1.807) is 0 Å². The molecule has 0 spiro atoms. The van der Waals surface area contributed by atoms with E-state index in [2.05, 4.69) is 23.5 Å². The molecular weight excluding hydrogens is 212 g/mol. The fraction of sp³-hybridized carbons (Fsp3) is 0.500. The highest BCUT2D eigenvalue weighted by molar-refractivity contribution is 5.84. The zero-order valence-corrected chi connectivity index (χ0v) is 10.1. The van der Waals surface area contributed by atoms with Crippen molar-refractivity contribution in [1.29, 1.82) is 0 Å². The first-order chi connectivity index (χ1) is 8.27. The molecule has 0 bridgehead atoms. The SMILES string of the molecule is CN(C(=O)C1NCCc2ccccc21)C1CC1. The Bertz CT molecular complexity index is 440. The summed E-state index contributed by atoms with van der Waals surface area (Å²) in [7, 11) is 1.93. The molecule has 1 atom stereocenters. The molecule has 3 nitrogen and oxygen atoms in total. The van der Waals surface area contributed by atoms with Crippen LogP contribution in [0.15, 0.2) is 24.3 Å². The van der Waals surface area contributed by atoms with E-state index >= 15 is 0 Å². The zero-order valence-electron chi connectivity index (χ0n) is 10.1. The first kappa shape index (κ1) is 10.8. The topological polar surface area (TPSA) is 32.3 Å². The monoisotopic (exact) mass is 230 g/mol. The first-order valence-corrected chi connectivity index (χ1v) is 6.35. The Morgan fingerprint density at radius 1 is 1.35 bits per heavy atom. The van der Waals surface area contributed by atoms with Crippen LogP contribution in [-0.4, -0.2) is 30.4 Å². The van der Waals surface area contributed by atoms with Gasteiger partial charge < -0.3 is 10.2 Å². The molecule has 1 aromatic carbocycles. The van der Waals surface area contributed by atoms with Gasteiger partial charge in [-0.25, -0.2) is 0 Å². The van der Waals surface area contributed by atoms with Gasteiger partial charge in [0.2, 0.25) is 5.91 Å². The molecule has 1 amide bonds. The second-order valence-corrected chi connectivity index (χ2v) is 5.02. The summed E-state index contributed by atoms with van der Waals surface area (Å²) in [5.74, 6) is 0.222. The molecule has 1 heterocycles. The van der Waals surface area contributed by atoms with E-state index in [9.17, 15) is 4.79 Å². The zero-order chi connectivity index (χ0) is 11.8. The largest absolute Gasteiger partial charge is 0.341 e. The number of carbonyl (C=O) groups excluding carboxylic acids is 1. The van der Waals surface area contributed by atoms with E-state index in [-0.39, 0.29) is 11.9 Å². The lowest BCUT2D eigenvalue weighted by Crippen LogP contribution is -2.43. The Hall–Kier alpha value is -1.35. The van der Waals surface area contributed by atoms with Gasteiger partial charge in [0, 0.05) is 19.6 Å². The number of amides is 1. The number of carbonyl (C=O) groups is 1. The van der Waals surface area contributed by atoms with E-state index in [1.807, 2.05) is 18.0 Å². The molecule has 1 fully saturated rings. The predicted molar refractivity (Wildman–Crippen MR) is 66.7 cm³/mol. The van der Waals surface area contributed by atoms with Crippen molar-refractivity contribution < 1.29 is 4.79 Å². The van der Waals surface area contributed by atoms with Gasteiger partial charge in [-0.05, 0) is 30.4 Å². The second kappa shape index (κ2) is 4.15. The molecule has 1 unspecified atom stereocenters. The Labute approximate surface area is 102 Å². The van der Waals surface area contributed by atoms with Crippen molar-refractivity contribution in [2.24, 2.45) is 0 Å². The molecule has 1 aliphatic carbocycles. The number of rotatable bonds is 2. The van der Waals surface area contributed by atoms with Gasteiger partial charge in [0.05, 0.1) is 0 Å². The van der Waals surface area contributed by atoms with Crippen molar-refractivity contribution in [2.45, 2.75) is 31.3 Å². The van der Waals surface area contributed by atoms with Gasteiger partial charge >= 0.3 is 0 Å². The van der Waals surface area contributed by atoms with E-state index in [0.29, 0.717) is 6.04 Å². The summed E-state index contributed by atoms with van der Waals surface area (Å²) in [5, 5.41) is 3.35. The number of nitrogens with one attached hydrogen (secondary N) is 1. The molecule has 90 valence electrons. The van der Waals surface area contributed by atoms with Crippen LogP contribution in [0.3, 0.4) is 0 Å².